The molecule has 2 aromatic carbocycles. The van der Waals surface area contributed by atoms with E-state index < -0.39 is 0 Å². The van der Waals surface area contributed by atoms with E-state index in [0.29, 0.717) is 21.8 Å². The van der Waals surface area contributed by atoms with E-state index in [1.54, 1.807) is 42.5 Å². The first-order valence-corrected chi connectivity index (χ1v) is 6.10. The molecule has 86 valence electrons. The van der Waals surface area contributed by atoms with Crippen molar-refractivity contribution < 1.29 is 4.79 Å². The molecule has 0 aromatic heterocycles. The van der Waals surface area contributed by atoms with Crippen molar-refractivity contribution in [3.05, 3.63) is 63.1 Å². The Morgan fingerprint density at radius 1 is 1.18 bits per heavy atom. The Balaban J connectivity index is 2.44. The van der Waals surface area contributed by atoms with Crippen LogP contribution in [0.4, 0.5) is 5.69 Å². The second-order valence-electron chi connectivity index (χ2n) is 3.57. The zero-order valence-electron chi connectivity index (χ0n) is 8.78. The van der Waals surface area contributed by atoms with Gasteiger partial charge >= 0.3 is 0 Å². The molecule has 2 N–H and O–H groups in total. The lowest BCUT2D eigenvalue weighted by atomic mass is 10.0. The minimum atomic E-state index is -0.127. The molecule has 0 atom stereocenters. The van der Waals surface area contributed by atoms with E-state index in [0.717, 1.165) is 4.47 Å². The van der Waals surface area contributed by atoms with E-state index in [2.05, 4.69) is 15.9 Å². The van der Waals surface area contributed by atoms with Crippen molar-refractivity contribution in [2.45, 2.75) is 0 Å². The Bertz CT molecular complexity index is 583. The Hall–Kier alpha value is -1.32. The van der Waals surface area contributed by atoms with Gasteiger partial charge in [-0.25, -0.2) is 0 Å². The van der Waals surface area contributed by atoms with Crippen molar-refractivity contribution in [3.63, 3.8) is 0 Å². The van der Waals surface area contributed by atoms with Crippen LogP contribution in [0, 0.1) is 0 Å². The minimum Gasteiger partial charge on any atom is -0.398 e. The van der Waals surface area contributed by atoms with Crippen LogP contribution in [0.5, 0.6) is 0 Å². The summed E-state index contributed by atoms with van der Waals surface area (Å²) < 4.78 is 0.845. The Morgan fingerprint density at radius 2 is 1.94 bits per heavy atom. The number of hydrogen-bond donors (Lipinski definition) is 1. The summed E-state index contributed by atoms with van der Waals surface area (Å²) in [4.78, 5) is 12.2. The van der Waals surface area contributed by atoms with Crippen molar-refractivity contribution in [1.82, 2.24) is 0 Å². The van der Waals surface area contributed by atoms with Crippen LogP contribution in [0.2, 0.25) is 5.02 Å². The number of nitrogens with two attached hydrogens (primary N) is 1. The fourth-order valence-electron chi connectivity index (χ4n) is 1.53. The average molecular weight is 311 g/mol. The summed E-state index contributed by atoms with van der Waals surface area (Å²) in [5, 5.41) is 0.534. The first-order chi connectivity index (χ1) is 8.08. The Kier molecular flexibility index (Phi) is 3.50. The van der Waals surface area contributed by atoms with Crippen LogP contribution in [0.1, 0.15) is 15.9 Å². The highest BCUT2D eigenvalue weighted by Crippen LogP contribution is 2.22. The number of carbonyl (C=O) groups is 1. The molecule has 2 rings (SSSR count). The molecular weight excluding hydrogens is 302 g/mol. The molecule has 2 aromatic rings. The molecule has 0 aliphatic heterocycles. The van der Waals surface area contributed by atoms with E-state index in [4.69, 9.17) is 17.3 Å². The first kappa shape index (κ1) is 12.1. The van der Waals surface area contributed by atoms with Crippen LogP contribution in [0.15, 0.2) is 46.9 Å². The molecular formula is C13H9BrClNO. The van der Waals surface area contributed by atoms with Crippen molar-refractivity contribution in [2.75, 3.05) is 5.73 Å². The number of nitrogen functional groups attached to an aromatic ring is 1. The molecule has 0 unspecified atom stereocenters. The minimum absolute atomic E-state index is 0.127. The molecule has 4 heteroatoms. The normalized spacial score (nSPS) is 10.2. The second kappa shape index (κ2) is 4.90. The number of benzene rings is 2. The van der Waals surface area contributed by atoms with Crippen molar-refractivity contribution >= 4 is 39.0 Å². The summed E-state index contributed by atoms with van der Waals surface area (Å²) in [6.07, 6.45) is 0. The van der Waals surface area contributed by atoms with Gasteiger partial charge in [0, 0.05) is 26.3 Å². The van der Waals surface area contributed by atoms with Gasteiger partial charge in [-0.2, -0.15) is 0 Å². The van der Waals surface area contributed by atoms with Crippen molar-refractivity contribution in [2.24, 2.45) is 0 Å². The van der Waals surface area contributed by atoms with E-state index in [9.17, 15) is 4.79 Å². The number of hydrogen-bond acceptors (Lipinski definition) is 2. The molecule has 17 heavy (non-hydrogen) atoms. The summed E-state index contributed by atoms with van der Waals surface area (Å²) in [5.74, 6) is -0.127. The van der Waals surface area contributed by atoms with Gasteiger partial charge in [0.25, 0.3) is 0 Å². The van der Waals surface area contributed by atoms with Crippen LogP contribution < -0.4 is 5.73 Å². The number of carbonyl (C=O) groups excluding carboxylic acids is 1. The van der Waals surface area contributed by atoms with Gasteiger partial charge in [-0.3, -0.25) is 4.79 Å². The predicted molar refractivity (Wildman–Crippen MR) is 73.4 cm³/mol. The number of halogens is 2. The largest absolute Gasteiger partial charge is 0.398 e. The zero-order valence-corrected chi connectivity index (χ0v) is 11.1. The maximum Gasteiger partial charge on any atom is 0.195 e. The molecule has 0 aliphatic rings. The highest BCUT2D eigenvalue weighted by atomic mass is 79.9. The predicted octanol–water partition coefficient (Wildman–Crippen LogP) is 3.92. The number of anilines is 1. The summed E-state index contributed by atoms with van der Waals surface area (Å²) in [7, 11) is 0. The summed E-state index contributed by atoms with van der Waals surface area (Å²) >= 11 is 9.15. The van der Waals surface area contributed by atoms with Crippen LogP contribution in [-0.4, -0.2) is 5.78 Å². The second-order valence-corrected chi connectivity index (χ2v) is 4.92. The molecule has 2 nitrogen and oxygen atoms in total. The number of rotatable bonds is 2. The van der Waals surface area contributed by atoms with E-state index >= 15 is 0 Å². The molecule has 0 saturated heterocycles. The average Bonchev–Trinajstić information content (AvgIpc) is 2.28. The van der Waals surface area contributed by atoms with Gasteiger partial charge in [0.15, 0.2) is 5.78 Å². The molecule has 0 aliphatic carbocycles. The monoisotopic (exact) mass is 309 g/mol. The molecule has 0 saturated carbocycles. The van der Waals surface area contributed by atoms with Crippen LogP contribution in [-0.2, 0) is 0 Å². The molecule has 0 bridgehead atoms. The lowest BCUT2D eigenvalue weighted by Crippen LogP contribution is -2.05. The zero-order chi connectivity index (χ0) is 12.4. The van der Waals surface area contributed by atoms with Gasteiger partial charge in [-0.05, 0) is 30.3 Å². The van der Waals surface area contributed by atoms with Gasteiger partial charge in [0.2, 0.25) is 0 Å². The van der Waals surface area contributed by atoms with Gasteiger partial charge in [0.05, 0.1) is 0 Å². The highest BCUT2D eigenvalue weighted by molar-refractivity contribution is 9.10. The lowest BCUT2D eigenvalue weighted by molar-refractivity contribution is 0.103. The maximum atomic E-state index is 12.2. The summed E-state index contributed by atoms with van der Waals surface area (Å²) in [6, 6.07) is 12.0. The molecule has 0 spiro atoms. The Morgan fingerprint density at radius 3 is 2.59 bits per heavy atom. The van der Waals surface area contributed by atoms with E-state index in [1.165, 1.54) is 0 Å². The smallest absolute Gasteiger partial charge is 0.195 e. The molecule has 0 fully saturated rings. The van der Waals surface area contributed by atoms with Crippen molar-refractivity contribution in [3.8, 4) is 0 Å². The summed E-state index contributed by atoms with van der Waals surface area (Å²) in [6.45, 7) is 0. The van der Waals surface area contributed by atoms with Crippen molar-refractivity contribution in [1.29, 1.82) is 0 Å². The highest BCUT2D eigenvalue weighted by Gasteiger charge is 2.12. The van der Waals surface area contributed by atoms with Crippen LogP contribution in [0.25, 0.3) is 0 Å². The first-order valence-electron chi connectivity index (χ1n) is 4.93. The Labute approximate surface area is 113 Å². The van der Waals surface area contributed by atoms with Crippen LogP contribution in [0.3, 0.4) is 0 Å². The van der Waals surface area contributed by atoms with Gasteiger partial charge < -0.3 is 5.73 Å². The third kappa shape index (κ3) is 2.68. The summed E-state index contributed by atoms with van der Waals surface area (Å²) in [5.41, 5.74) is 7.28. The fourth-order valence-corrected chi connectivity index (χ4v) is 2.09. The lowest BCUT2D eigenvalue weighted by Gasteiger charge is -2.05. The third-order valence-corrected chi connectivity index (χ3v) is 3.07. The van der Waals surface area contributed by atoms with Gasteiger partial charge in [-0.15, -0.1) is 0 Å². The van der Waals surface area contributed by atoms with E-state index in [-0.39, 0.29) is 5.78 Å². The third-order valence-electron chi connectivity index (χ3n) is 2.35. The SMILES string of the molecule is Nc1cc(Br)ccc1C(=O)c1cccc(Cl)c1. The standard InChI is InChI=1S/C13H9BrClNO/c14-9-4-5-11(12(16)7-9)13(17)8-2-1-3-10(15)6-8/h1-7H,16H2. The molecule has 0 radical (unpaired) electrons. The topological polar surface area (TPSA) is 43.1 Å². The molecule has 0 amide bonds. The quantitative estimate of drug-likeness (QED) is 0.675. The van der Waals surface area contributed by atoms with E-state index in [1.807, 2.05) is 0 Å². The maximum absolute atomic E-state index is 12.2. The van der Waals surface area contributed by atoms with Gasteiger partial charge in [-0.1, -0.05) is 39.7 Å². The number of ketones is 1. The molecule has 0 heterocycles. The van der Waals surface area contributed by atoms with Crippen LogP contribution >= 0.6 is 27.5 Å². The van der Waals surface area contributed by atoms with Gasteiger partial charge in [0.1, 0.15) is 0 Å². The fraction of sp³-hybridized carbons (Fsp3) is 0.